The molecule has 0 spiro atoms. The van der Waals surface area contributed by atoms with Crippen LogP contribution in [0.2, 0.25) is 5.02 Å². The first-order chi connectivity index (χ1) is 14.4. The highest BCUT2D eigenvalue weighted by molar-refractivity contribution is 8.18. The number of likely N-dealkylation sites (tertiary alicyclic amines) is 1. The highest BCUT2D eigenvalue weighted by atomic mass is 35.5. The largest absolute Gasteiger partial charge is 0.490 e. The number of benzene rings is 1. The van der Waals surface area contributed by atoms with Crippen LogP contribution in [0.25, 0.3) is 6.08 Å². The maximum absolute atomic E-state index is 12.8. The van der Waals surface area contributed by atoms with Crippen LogP contribution in [0.3, 0.4) is 0 Å². The van der Waals surface area contributed by atoms with Crippen LogP contribution in [0.4, 0.5) is 4.79 Å². The Balaban J connectivity index is 1.78. The number of amides is 3. The lowest BCUT2D eigenvalue weighted by atomic mass is 10.1. The first-order valence-electron chi connectivity index (χ1n) is 10.1. The van der Waals surface area contributed by atoms with Crippen LogP contribution in [0, 0.1) is 0 Å². The summed E-state index contributed by atoms with van der Waals surface area (Å²) in [6.07, 6.45) is 4.59. The van der Waals surface area contributed by atoms with Gasteiger partial charge in [-0.1, -0.05) is 11.6 Å². The Morgan fingerprint density at radius 2 is 1.83 bits per heavy atom. The summed E-state index contributed by atoms with van der Waals surface area (Å²) in [7, 11) is 0. The van der Waals surface area contributed by atoms with Crippen molar-refractivity contribution in [2.24, 2.45) is 0 Å². The van der Waals surface area contributed by atoms with E-state index in [0.717, 1.165) is 35.9 Å². The zero-order valence-electron chi connectivity index (χ0n) is 17.1. The number of rotatable bonds is 7. The van der Waals surface area contributed by atoms with E-state index in [1.807, 2.05) is 13.8 Å². The lowest BCUT2D eigenvalue weighted by Crippen LogP contribution is -2.44. The van der Waals surface area contributed by atoms with E-state index in [-0.39, 0.29) is 17.4 Å². The van der Waals surface area contributed by atoms with Gasteiger partial charge in [-0.15, -0.1) is 0 Å². The normalized spacial score (nSPS) is 18.3. The van der Waals surface area contributed by atoms with Crippen LogP contribution in [-0.4, -0.2) is 59.7 Å². The number of nitrogens with zero attached hydrogens (tertiary/aromatic N) is 2. The van der Waals surface area contributed by atoms with E-state index in [9.17, 15) is 14.4 Å². The Morgan fingerprint density at radius 1 is 1.13 bits per heavy atom. The Morgan fingerprint density at radius 3 is 2.50 bits per heavy atom. The van der Waals surface area contributed by atoms with E-state index in [0.29, 0.717) is 48.4 Å². The van der Waals surface area contributed by atoms with Crippen LogP contribution < -0.4 is 9.47 Å². The number of ether oxygens (including phenoxy) is 2. The smallest absolute Gasteiger partial charge is 0.294 e. The topological polar surface area (TPSA) is 76.2 Å². The quantitative estimate of drug-likeness (QED) is 0.577. The van der Waals surface area contributed by atoms with Crippen LogP contribution in [-0.2, 0) is 9.59 Å². The summed E-state index contributed by atoms with van der Waals surface area (Å²) in [5.41, 5.74) is 0.611. The van der Waals surface area contributed by atoms with Gasteiger partial charge in [0.25, 0.3) is 11.1 Å². The summed E-state index contributed by atoms with van der Waals surface area (Å²) in [5, 5.41) is -0.0905. The van der Waals surface area contributed by atoms with Crippen molar-refractivity contribution in [2.75, 3.05) is 32.8 Å². The van der Waals surface area contributed by atoms with Gasteiger partial charge in [-0.2, -0.15) is 0 Å². The predicted molar refractivity (Wildman–Crippen MR) is 117 cm³/mol. The third-order valence-electron chi connectivity index (χ3n) is 4.79. The van der Waals surface area contributed by atoms with Gasteiger partial charge in [-0.3, -0.25) is 19.3 Å². The number of hydrogen-bond acceptors (Lipinski definition) is 6. The van der Waals surface area contributed by atoms with Crippen LogP contribution >= 0.6 is 23.4 Å². The van der Waals surface area contributed by atoms with Crippen LogP contribution in [0.15, 0.2) is 17.0 Å². The monoisotopic (exact) mass is 452 g/mol. The summed E-state index contributed by atoms with van der Waals surface area (Å²) in [5.74, 6) is 0.246. The predicted octanol–water partition coefficient (Wildman–Crippen LogP) is 4.19. The number of hydrogen-bond donors (Lipinski definition) is 0. The molecule has 162 valence electrons. The zero-order valence-corrected chi connectivity index (χ0v) is 18.7. The molecular formula is C21H25ClN2O5S. The van der Waals surface area contributed by atoms with Crippen molar-refractivity contribution in [2.45, 2.75) is 33.1 Å². The minimum Gasteiger partial charge on any atom is -0.490 e. The molecule has 0 aliphatic carbocycles. The minimum atomic E-state index is -0.474. The Bertz CT molecular complexity index is 867. The standard InChI is InChI=1S/C21H25ClN2O5S/c1-3-28-16-11-14(10-15(22)19(16)29-4-2)12-17-20(26)24(21(27)30-17)13-18(25)23-8-6-5-7-9-23/h10-12H,3-9,13H2,1-2H3/b17-12-. The molecule has 3 amide bonds. The number of imide groups is 1. The highest BCUT2D eigenvalue weighted by Crippen LogP contribution is 2.39. The van der Waals surface area contributed by atoms with Crippen molar-refractivity contribution in [1.82, 2.24) is 9.80 Å². The van der Waals surface area contributed by atoms with Crippen molar-refractivity contribution in [3.05, 3.63) is 27.6 Å². The molecule has 2 aliphatic heterocycles. The fourth-order valence-electron chi connectivity index (χ4n) is 3.38. The number of carbonyl (C=O) groups is 3. The number of piperidine rings is 1. The molecule has 0 bridgehead atoms. The van der Waals surface area contributed by atoms with E-state index in [1.165, 1.54) is 0 Å². The molecule has 9 heteroatoms. The molecule has 0 atom stereocenters. The fourth-order valence-corrected chi connectivity index (χ4v) is 4.50. The molecule has 3 rings (SSSR count). The molecule has 0 saturated carbocycles. The van der Waals surface area contributed by atoms with Gasteiger partial charge in [0.15, 0.2) is 11.5 Å². The summed E-state index contributed by atoms with van der Waals surface area (Å²) in [6.45, 7) is 5.68. The lowest BCUT2D eigenvalue weighted by molar-refractivity contribution is -0.136. The molecule has 1 aromatic rings. The third kappa shape index (κ3) is 5.10. The van der Waals surface area contributed by atoms with Gasteiger partial charge < -0.3 is 14.4 Å². The third-order valence-corrected chi connectivity index (χ3v) is 5.98. The second-order valence-corrected chi connectivity index (χ2v) is 8.31. The van der Waals surface area contributed by atoms with Crippen LogP contribution in [0.5, 0.6) is 11.5 Å². The van der Waals surface area contributed by atoms with Gasteiger partial charge in [-0.05, 0) is 68.6 Å². The Hall–Kier alpha value is -2.19. The number of carbonyl (C=O) groups excluding carboxylic acids is 3. The van der Waals surface area contributed by atoms with E-state index in [1.54, 1.807) is 23.1 Å². The van der Waals surface area contributed by atoms with E-state index in [4.69, 9.17) is 21.1 Å². The zero-order chi connectivity index (χ0) is 21.7. The van der Waals surface area contributed by atoms with Crippen molar-refractivity contribution in [3.63, 3.8) is 0 Å². The molecule has 2 fully saturated rings. The van der Waals surface area contributed by atoms with Gasteiger partial charge in [0.2, 0.25) is 5.91 Å². The van der Waals surface area contributed by atoms with Crippen molar-refractivity contribution in [1.29, 1.82) is 0 Å². The van der Waals surface area contributed by atoms with E-state index >= 15 is 0 Å². The van der Waals surface area contributed by atoms with Gasteiger partial charge in [0.05, 0.1) is 23.1 Å². The molecule has 30 heavy (non-hydrogen) atoms. The molecule has 0 unspecified atom stereocenters. The maximum atomic E-state index is 12.8. The molecule has 0 N–H and O–H groups in total. The second kappa shape index (κ2) is 10.2. The van der Waals surface area contributed by atoms with Crippen molar-refractivity contribution in [3.8, 4) is 11.5 Å². The molecular weight excluding hydrogens is 428 g/mol. The highest BCUT2D eigenvalue weighted by Gasteiger charge is 2.37. The SMILES string of the molecule is CCOc1cc(/C=C2\SC(=O)N(CC(=O)N3CCCCC3)C2=O)cc(Cl)c1OCC. The van der Waals surface area contributed by atoms with Gasteiger partial charge in [0.1, 0.15) is 6.54 Å². The van der Waals surface area contributed by atoms with Gasteiger partial charge >= 0.3 is 0 Å². The Labute approximate surface area is 185 Å². The van der Waals surface area contributed by atoms with E-state index < -0.39 is 11.1 Å². The minimum absolute atomic E-state index is 0.194. The molecule has 7 nitrogen and oxygen atoms in total. The summed E-state index contributed by atoms with van der Waals surface area (Å²) >= 11 is 7.15. The summed E-state index contributed by atoms with van der Waals surface area (Å²) < 4.78 is 11.2. The molecule has 2 aliphatic rings. The first kappa shape index (κ1) is 22.5. The van der Waals surface area contributed by atoms with Crippen molar-refractivity contribution < 1.29 is 23.9 Å². The summed E-state index contributed by atoms with van der Waals surface area (Å²) in [6, 6.07) is 3.37. The van der Waals surface area contributed by atoms with Crippen molar-refractivity contribution >= 4 is 46.5 Å². The molecule has 0 aromatic heterocycles. The average Bonchev–Trinajstić information content (AvgIpc) is 2.98. The van der Waals surface area contributed by atoms with E-state index in [2.05, 4.69) is 0 Å². The molecule has 1 aromatic carbocycles. The molecule has 2 heterocycles. The van der Waals surface area contributed by atoms with Gasteiger partial charge in [0, 0.05) is 13.1 Å². The maximum Gasteiger partial charge on any atom is 0.294 e. The van der Waals surface area contributed by atoms with Gasteiger partial charge in [-0.25, -0.2) is 0 Å². The lowest BCUT2D eigenvalue weighted by Gasteiger charge is -2.27. The Kier molecular flexibility index (Phi) is 7.66. The first-order valence-corrected chi connectivity index (χ1v) is 11.3. The molecule has 2 saturated heterocycles. The number of halogens is 1. The second-order valence-electron chi connectivity index (χ2n) is 6.91. The summed E-state index contributed by atoms with van der Waals surface area (Å²) in [4.78, 5) is 40.6. The fraction of sp³-hybridized carbons (Fsp3) is 0.476. The molecule has 0 radical (unpaired) electrons. The average molecular weight is 453 g/mol. The van der Waals surface area contributed by atoms with Crippen LogP contribution in [0.1, 0.15) is 38.7 Å². The number of thioether (sulfide) groups is 1.